The molecule has 34 heavy (non-hydrogen) atoms. The Morgan fingerprint density at radius 3 is 2.59 bits per heavy atom. The van der Waals surface area contributed by atoms with Gasteiger partial charge in [0.1, 0.15) is 6.29 Å². The summed E-state index contributed by atoms with van der Waals surface area (Å²) < 4.78 is 0. The number of aldehydes is 1. The first-order valence-electron chi connectivity index (χ1n) is 12.5. The molecule has 4 nitrogen and oxygen atoms in total. The minimum atomic E-state index is 0.616. The van der Waals surface area contributed by atoms with Gasteiger partial charge in [0.25, 0.3) is 0 Å². The molecular weight excluding hydrogens is 438 g/mol. The van der Waals surface area contributed by atoms with Crippen molar-refractivity contribution >= 4 is 22.8 Å². The highest BCUT2D eigenvalue weighted by molar-refractivity contribution is 7.15. The smallest absolute Gasteiger partial charge is 0.187 e. The summed E-state index contributed by atoms with van der Waals surface area (Å²) >= 11 is 1.75. The third-order valence-electron chi connectivity index (χ3n) is 5.29. The number of nitrogens with one attached hydrogen (secondary N) is 1. The van der Waals surface area contributed by atoms with Crippen LogP contribution in [0.3, 0.4) is 0 Å². The monoisotopic (exact) mass is 481 g/mol. The van der Waals surface area contributed by atoms with Crippen molar-refractivity contribution < 1.29 is 4.79 Å². The topological polar surface area (TPSA) is 45.2 Å². The van der Waals surface area contributed by atoms with E-state index in [1.165, 1.54) is 35.0 Å². The van der Waals surface area contributed by atoms with Crippen LogP contribution in [0, 0.1) is 12.8 Å². The molecule has 0 amide bonds. The average Bonchev–Trinajstić information content (AvgIpc) is 3.29. The van der Waals surface area contributed by atoms with Crippen LogP contribution < -0.4 is 5.32 Å². The van der Waals surface area contributed by atoms with E-state index in [9.17, 15) is 0 Å². The number of benzene rings is 1. The summed E-state index contributed by atoms with van der Waals surface area (Å²) in [5, 5.41) is 4.56. The Bertz CT molecular complexity index is 914. The van der Waals surface area contributed by atoms with Gasteiger partial charge in [0.15, 0.2) is 5.13 Å². The number of hydrogen-bond donors (Lipinski definition) is 1. The second-order valence-electron chi connectivity index (χ2n) is 7.95. The Morgan fingerprint density at radius 2 is 1.97 bits per heavy atom. The molecule has 1 aromatic carbocycles. The van der Waals surface area contributed by atoms with E-state index >= 15 is 0 Å². The molecule has 1 unspecified atom stereocenters. The van der Waals surface area contributed by atoms with E-state index in [2.05, 4.69) is 90.6 Å². The summed E-state index contributed by atoms with van der Waals surface area (Å²) in [6, 6.07) is 8.59. The van der Waals surface area contributed by atoms with E-state index in [4.69, 9.17) is 4.79 Å². The van der Waals surface area contributed by atoms with Crippen LogP contribution in [0.5, 0.6) is 0 Å². The number of carbonyl (C=O) groups excluding carboxylic acids is 1. The van der Waals surface area contributed by atoms with Crippen molar-refractivity contribution in [3.8, 4) is 0 Å². The first-order valence-corrected chi connectivity index (χ1v) is 13.3. The molecule has 0 saturated carbocycles. The normalized spacial score (nSPS) is 14.7. The first-order chi connectivity index (χ1) is 16.6. The molecule has 0 fully saturated rings. The Hall–Kier alpha value is -2.50. The molecule has 1 atom stereocenters. The number of carbonyl (C=O) groups is 1. The second-order valence-corrected chi connectivity index (χ2v) is 9.07. The number of hydrogen-bond acceptors (Lipinski definition) is 5. The van der Waals surface area contributed by atoms with Crippen LogP contribution in [-0.4, -0.2) is 35.8 Å². The minimum absolute atomic E-state index is 0.616. The predicted octanol–water partition coefficient (Wildman–Crippen LogP) is 7.43. The number of aryl methyl sites for hydroxylation is 1. The third-order valence-corrected chi connectivity index (χ3v) is 6.20. The van der Waals surface area contributed by atoms with Crippen molar-refractivity contribution in [1.29, 1.82) is 0 Å². The molecule has 1 heterocycles. The quantitative estimate of drug-likeness (QED) is 0.358. The van der Waals surface area contributed by atoms with E-state index in [0.717, 1.165) is 43.9 Å². The first kappa shape index (κ1) is 29.5. The van der Waals surface area contributed by atoms with E-state index in [1.54, 1.807) is 11.3 Å². The van der Waals surface area contributed by atoms with Gasteiger partial charge in [-0.25, -0.2) is 4.98 Å². The molecule has 1 aliphatic carbocycles. The third kappa shape index (κ3) is 11.1. The molecule has 0 bridgehead atoms. The van der Waals surface area contributed by atoms with Crippen molar-refractivity contribution in [3.05, 3.63) is 82.5 Å². The number of anilines is 1. The molecule has 2 aromatic rings. The zero-order chi connectivity index (χ0) is 25.2. The number of rotatable bonds is 10. The van der Waals surface area contributed by atoms with E-state index in [0.29, 0.717) is 5.92 Å². The maximum Gasteiger partial charge on any atom is 0.187 e. The number of thiazole rings is 1. The van der Waals surface area contributed by atoms with Crippen LogP contribution in [0.1, 0.15) is 63.5 Å². The fourth-order valence-electron chi connectivity index (χ4n) is 3.67. The minimum Gasteiger partial charge on any atom is -0.334 e. The van der Waals surface area contributed by atoms with Crippen molar-refractivity contribution in [2.75, 3.05) is 25.0 Å². The molecule has 0 aliphatic heterocycles. The average molecular weight is 482 g/mol. The molecule has 186 valence electrons. The Morgan fingerprint density at radius 1 is 1.24 bits per heavy atom. The van der Waals surface area contributed by atoms with Gasteiger partial charge in [0.2, 0.25) is 0 Å². The summed E-state index contributed by atoms with van der Waals surface area (Å²) in [5.74, 6) is 0.616. The van der Waals surface area contributed by atoms with Gasteiger partial charge >= 0.3 is 0 Å². The lowest BCUT2D eigenvalue weighted by atomic mass is 10.00. The molecule has 1 N–H and O–H groups in total. The molecule has 1 aliphatic rings. The number of allylic oxidation sites excluding steroid dienone is 4. The van der Waals surface area contributed by atoms with Crippen LogP contribution >= 0.6 is 11.3 Å². The highest BCUT2D eigenvalue weighted by Crippen LogP contribution is 2.24. The van der Waals surface area contributed by atoms with Crippen LogP contribution in [0.15, 0.2) is 66.5 Å². The summed E-state index contributed by atoms with van der Waals surface area (Å²) in [7, 11) is 0. The van der Waals surface area contributed by atoms with Gasteiger partial charge in [0, 0.05) is 36.3 Å². The zero-order valence-corrected chi connectivity index (χ0v) is 22.7. The van der Waals surface area contributed by atoms with Crippen LogP contribution in [0.4, 0.5) is 5.13 Å². The van der Waals surface area contributed by atoms with Crippen molar-refractivity contribution in [2.45, 2.75) is 60.8 Å². The summed E-state index contributed by atoms with van der Waals surface area (Å²) in [4.78, 5) is 17.3. The summed E-state index contributed by atoms with van der Waals surface area (Å²) in [6.45, 7) is 15.1. The zero-order valence-electron chi connectivity index (χ0n) is 21.9. The predicted molar refractivity (Wildman–Crippen MR) is 150 cm³/mol. The maximum atomic E-state index is 8.81. The van der Waals surface area contributed by atoms with Gasteiger partial charge < -0.3 is 10.1 Å². The lowest BCUT2D eigenvalue weighted by Gasteiger charge is -2.27. The lowest BCUT2D eigenvalue weighted by Crippen LogP contribution is -2.33. The molecule has 3 rings (SSSR count). The van der Waals surface area contributed by atoms with E-state index in [-0.39, 0.29) is 0 Å². The van der Waals surface area contributed by atoms with Gasteiger partial charge in [-0.05, 0) is 57.2 Å². The van der Waals surface area contributed by atoms with Crippen LogP contribution in [-0.2, 0) is 11.2 Å². The molecule has 0 saturated heterocycles. The highest BCUT2D eigenvalue weighted by Gasteiger charge is 2.14. The van der Waals surface area contributed by atoms with Gasteiger partial charge in [-0.1, -0.05) is 75.4 Å². The Kier molecular flexibility index (Phi) is 15.6. The molecule has 0 spiro atoms. The van der Waals surface area contributed by atoms with Crippen LogP contribution in [0.25, 0.3) is 0 Å². The van der Waals surface area contributed by atoms with Crippen molar-refractivity contribution in [3.63, 3.8) is 0 Å². The lowest BCUT2D eigenvalue weighted by molar-refractivity contribution is -0.106. The summed E-state index contributed by atoms with van der Waals surface area (Å²) in [5.41, 5.74) is 3.94. The highest BCUT2D eigenvalue weighted by atomic mass is 32.1. The van der Waals surface area contributed by atoms with Crippen LogP contribution in [0.2, 0.25) is 0 Å². The number of nitrogens with zero attached hydrogens (tertiary/aromatic N) is 2. The van der Waals surface area contributed by atoms with Crippen molar-refractivity contribution in [1.82, 2.24) is 9.88 Å². The maximum absolute atomic E-state index is 8.81. The van der Waals surface area contributed by atoms with Gasteiger partial charge in [-0.3, -0.25) is 4.90 Å². The van der Waals surface area contributed by atoms with E-state index in [1.807, 2.05) is 20.0 Å². The molecular formula is C29H43N3OS. The second kappa shape index (κ2) is 17.9. The standard InChI is InChI=1S/C25H33N3S.C2H4O.C2H6/c1-4-15-28(18-21-12-7-6-8-13-21)19-23(5-2)27-25-26-17-24(29-25)16-22-14-10-9-11-20(22)3;1-2-3;1-2/h5-12,14,17,21H,4,13,15-16,18-19H2,1-3H3,(H,26,27);2H,1H3;1-2H3/b23-5-;;. The van der Waals surface area contributed by atoms with Gasteiger partial charge in [-0.15, -0.1) is 11.3 Å². The number of aromatic nitrogens is 1. The molecule has 5 heteroatoms. The Labute approximate surface area is 211 Å². The largest absolute Gasteiger partial charge is 0.334 e. The van der Waals surface area contributed by atoms with E-state index < -0.39 is 0 Å². The molecule has 0 radical (unpaired) electrons. The van der Waals surface area contributed by atoms with Crippen molar-refractivity contribution in [2.24, 2.45) is 5.92 Å². The fraction of sp³-hybridized carbons (Fsp3) is 0.448. The fourth-order valence-corrected chi connectivity index (χ4v) is 4.54. The van der Waals surface area contributed by atoms with Gasteiger partial charge in [-0.2, -0.15) is 0 Å². The molecule has 1 aromatic heterocycles. The Balaban J connectivity index is 0.00000107. The van der Waals surface area contributed by atoms with Gasteiger partial charge in [0.05, 0.1) is 0 Å². The summed E-state index contributed by atoms with van der Waals surface area (Å²) in [6.07, 6.45) is 17.1. The SMILES string of the molecule is C/C=C(/CN(CCC)CC1C=CC=CC1)Nc1ncc(Cc2ccccc2C)s1.CC.CC=O.